The molecule has 0 aliphatic carbocycles. The molecule has 3 heteroatoms. The van der Waals surface area contributed by atoms with Crippen LogP contribution < -0.4 is 4.74 Å². The monoisotopic (exact) mass is 197 g/mol. The summed E-state index contributed by atoms with van der Waals surface area (Å²) >= 11 is 1.78. The molecular formula is C10H15NOS. The van der Waals surface area contributed by atoms with Gasteiger partial charge in [-0.2, -0.15) is 11.8 Å². The molecule has 0 amide bonds. The van der Waals surface area contributed by atoms with Gasteiger partial charge in [0.2, 0.25) is 0 Å². The minimum absolute atomic E-state index is 0.947. The Morgan fingerprint density at radius 2 is 2.15 bits per heavy atom. The number of rotatable bonds is 3. The van der Waals surface area contributed by atoms with Gasteiger partial charge in [-0.15, -0.1) is 0 Å². The summed E-state index contributed by atoms with van der Waals surface area (Å²) in [6.45, 7) is 4.08. The average molecular weight is 197 g/mol. The third kappa shape index (κ3) is 2.15. The van der Waals surface area contributed by atoms with E-state index in [2.05, 4.69) is 18.2 Å². The minimum Gasteiger partial charge on any atom is -0.496 e. The number of nitrogens with zero attached hydrogens (tertiary/aromatic N) is 1. The average Bonchev–Trinajstić information content (AvgIpc) is 2.11. The first-order valence-electron chi connectivity index (χ1n) is 4.18. The SMILES string of the molecule is COc1c(C)cnc(CSC)c1C. The second-order valence-corrected chi connectivity index (χ2v) is 3.85. The smallest absolute Gasteiger partial charge is 0.128 e. The lowest BCUT2D eigenvalue weighted by molar-refractivity contribution is 0.407. The van der Waals surface area contributed by atoms with Gasteiger partial charge in [0.1, 0.15) is 5.75 Å². The standard InChI is InChI=1S/C10H15NOS/c1-7-5-11-9(6-13-4)8(2)10(7)12-3/h5H,6H2,1-4H3. The van der Waals surface area contributed by atoms with Gasteiger partial charge in [-0.3, -0.25) is 4.98 Å². The van der Waals surface area contributed by atoms with Gasteiger partial charge < -0.3 is 4.74 Å². The van der Waals surface area contributed by atoms with Gasteiger partial charge in [0.05, 0.1) is 12.8 Å². The van der Waals surface area contributed by atoms with Crippen molar-refractivity contribution in [3.63, 3.8) is 0 Å². The summed E-state index contributed by atoms with van der Waals surface area (Å²) in [5, 5.41) is 0. The van der Waals surface area contributed by atoms with Gasteiger partial charge in [-0.05, 0) is 20.1 Å². The zero-order chi connectivity index (χ0) is 9.84. The Balaban J connectivity index is 3.11. The van der Waals surface area contributed by atoms with Crippen LogP contribution in [-0.4, -0.2) is 18.3 Å². The third-order valence-corrected chi connectivity index (χ3v) is 2.59. The molecule has 13 heavy (non-hydrogen) atoms. The van der Waals surface area contributed by atoms with E-state index < -0.39 is 0 Å². The van der Waals surface area contributed by atoms with Crippen LogP contribution in [0.15, 0.2) is 6.20 Å². The number of thioether (sulfide) groups is 1. The lowest BCUT2D eigenvalue weighted by atomic mass is 10.1. The largest absolute Gasteiger partial charge is 0.496 e. The lowest BCUT2D eigenvalue weighted by Gasteiger charge is -2.11. The fourth-order valence-corrected chi connectivity index (χ4v) is 1.92. The van der Waals surface area contributed by atoms with E-state index in [9.17, 15) is 0 Å². The van der Waals surface area contributed by atoms with E-state index in [1.807, 2.05) is 13.1 Å². The van der Waals surface area contributed by atoms with Crippen LogP contribution in [0.4, 0.5) is 0 Å². The van der Waals surface area contributed by atoms with Gasteiger partial charge in [0.25, 0.3) is 0 Å². The number of aryl methyl sites for hydroxylation is 1. The van der Waals surface area contributed by atoms with Crippen LogP contribution in [0.1, 0.15) is 16.8 Å². The van der Waals surface area contributed by atoms with Crippen molar-refractivity contribution >= 4 is 11.8 Å². The van der Waals surface area contributed by atoms with Crippen molar-refractivity contribution in [1.29, 1.82) is 0 Å². The highest BCUT2D eigenvalue weighted by Crippen LogP contribution is 2.25. The van der Waals surface area contributed by atoms with Crippen LogP contribution in [0.5, 0.6) is 5.75 Å². The molecule has 0 fully saturated rings. The van der Waals surface area contributed by atoms with E-state index >= 15 is 0 Å². The molecule has 0 aliphatic rings. The molecule has 2 nitrogen and oxygen atoms in total. The van der Waals surface area contributed by atoms with Crippen molar-refractivity contribution in [1.82, 2.24) is 4.98 Å². The summed E-state index contributed by atoms with van der Waals surface area (Å²) in [7, 11) is 1.71. The highest BCUT2D eigenvalue weighted by molar-refractivity contribution is 7.97. The van der Waals surface area contributed by atoms with Gasteiger partial charge in [0.15, 0.2) is 0 Å². The summed E-state index contributed by atoms with van der Waals surface area (Å²) in [4.78, 5) is 4.38. The van der Waals surface area contributed by atoms with Crippen LogP contribution in [0.2, 0.25) is 0 Å². The normalized spacial score (nSPS) is 10.2. The predicted octanol–water partition coefficient (Wildman–Crippen LogP) is 2.57. The molecule has 0 aromatic carbocycles. The Morgan fingerprint density at radius 1 is 1.46 bits per heavy atom. The summed E-state index contributed by atoms with van der Waals surface area (Å²) in [5.41, 5.74) is 3.39. The molecule has 0 radical (unpaired) electrons. The van der Waals surface area contributed by atoms with Crippen molar-refractivity contribution in [3.8, 4) is 5.75 Å². The fraction of sp³-hybridized carbons (Fsp3) is 0.500. The van der Waals surface area contributed by atoms with Crippen molar-refractivity contribution < 1.29 is 4.74 Å². The van der Waals surface area contributed by atoms with Gasteiger partial charge in [-0.1, -0.05) is 0 Å². The lowest BCUT2D eigenvalue weighted by Crippen LogP contribution is -1.98. The second-order valence-electron chi connectivity index (χ2n) is 2.98. The van der Waals surface area contributed by atoms with Crippen molar-refractivity contribution in [2.75, 3.05) is 13.4 Å². The number of hydrogen-bond acceptors (Lipinski definition) is 3. The van der Waals surface area contributed by atoms with Crippen LogP contribution in [0.25, 0.3) is 0 Å². The van der Waals surface area contributed by atoms with Crippen molar-refractivity contribution in [3.05, 3.63) is 23.0 Å². The Hall–Kier alpha value is -0.700. The number of hydrogen-bond donors (Lipinski definition) is 0. The molecule has 0 spiro atoms. The van der Waals surface area contributed by atoms with Crippen LogP contribution >= 0.6 is 11.8 Å². The van der Waals surface area contributed by atoms with Crippen molar-refractivity contribution in [2.24, 2.45) is 0 Å². The molecule has 0 saturated heterocycles. The molecule has 72 valence electrons. The van der Waals surface area contributed by atoms with Crippen LogP contribution in [0, 0.1) is 13.8 Å². The molecule has 1 heterocycles. The van der Waals surface area contributed by atoms with Crippen molar-refractivity contribution in [2.45, 2.75) is 19.6 Å². The van der Waals surface area contributed by atoms with E-state index in [1.165, 1.54) is 0 Å². The molecule has 0 unspecified atom stereocenters. The van der Waals surface area contributed by atoms with Gasteiger partial charge in [-0.25, -0.2) is 0 Å². The van der Waals surface area contributed by atoms with Crippen LogP contribution in [-0.2, 0) is 5.75 Å². The summed E-state index contributed by atoms with van der Waals surface area (Å²) < 4.78 is 5.31. The first-order chi connectivity index (χ1) is 6.20. The first-order valence-corrected chi connectivity index (χ1v) is 5.58. The zero-order valence-electron chi connectivity index (χ0n) is 8.55. The number of methoxy groups -OCH3 is 1. The Kier molecular flexibility index (Phi) is 3.60. The molecule has 1 rings (SSSR count). The van der Waals surface area contributed by atoms with Gasteiger partial charge in [0, 0.05) is 23.1 Å². The molecule has 1 aromatic heterocycles. The maximum atomic E-state index is 5.31. The number of ether oxygens (including phenoxy) is 1. The zero-order valence-corrected chi connectivity index (χ0v) is 9.36. The van der Waals surface area contributed by atoms with Crippen LogP contribution in [0.3, 0.4) is 0 Å². The third-order valence-electron chi connectivity index (χ3n) is 2.03. The van der Waals surface area contributed by atoms with E-state index in [0.29, 0.717) is 0 Å². The fourth-order valence-electron chi connectivity index (χ4n) is 1.35. The second kappa shape index (κ2) is 4.51. The number of pyridine rings is 1. The quantitative estimate of drug-likeness (QED) is 0.743. The van der Waals surface area contributed by atoms with Gasteiger partial charge >= 0.3 is 0 Å². The first kappa shape index (κ1) is 10.4. The molecule has 0 atom stereocenters. The Morgan fingerprint density at radius 3 is 2.69 bits per heavy atom. The maximum Gasteiger partial charge on any atom is 0.128 e. The Bertz CT molecular complexity index is 299. The summed E-state index contributed by atoms with van der Waals surface area (Å²) in [6.07, 6.45) is 3.95. The number of aromatic nitrogens is 1. The van der Waals surface area contributed by atoms with E-state index in [1.54, 1.807) is 18.9 Å². The highest BCUT2D eigenvalue weighted by Gasteiger charge is 2.07. The maximum absolute atomic E-state index is 5.31. The molecular weight excluding hydrogens is 182 g/mol. The predicted molar refractivity (Wildman–Crippen MR) is 57.5 cm³/mol. The molecule has 1 aromatic rings. The highest BCUT2D eigenvalue weighted by atomic mass is 32.2. The Labute approximate surface area is 83.7 Å². The van der Waals surface area contributed by atoms with E-state index in [0.717, 1.165) is 28.3 Å². The summed E-state index contributed by atoms with van der Waals surface area (Å²) in [6, 6.07) is 0. The molecule has 0 saturated carbocycles. The van der Waals surface area contributed by atoms with E-state index in [-0.39, 0.29) is 0 Å². The topological polar surface area (TPSA) is 22.1 Å². The molecule has 0 bridgehead atoms. The molecule has 0 N–H and O–H groups in total. The molecule has 0 aliphatic heterocycles. The van der Waals surface area contributed by atoms with E-state index in [4.69, 9.17) is 4.74 Å². The minimum atomic E-state index is 0.947. The summed E-state index contributed by atoms with van der Waals surface area (Å²) in [5.74, 6) is 1.92.